The predicted octanol–water partition coefficient (Wildman–Crippen LogP) is 1.96. The van der Waals surface area contributed by atoms with E-state index in [4.69, 9.17) is 9.26 Å². The van der Waals surface area contributed by atoms with E-state index in [1.807, 2.05) is 20.8 Å². The maximum absolute atomic E-state index is 12.2. The van der Waals surface area contributed by atoms with Crippen LogP contribution in [0.2, 0.25) is 0 Å². The average Bonchev–Trinajstić information content (AvgIpc) is 3.16. The summed E-state index contributed by atoms with van der Waals surface area (Å²) in [5.41, 5.74) is 1.94. The monoisotopic (exact) mass is 350 g/mol. The van der Waals surface area contributed by atoms with Gasteiger partial charge in [-0.15, -0.1) is 5.10 Å². The lowest BCUT2D eigenvalue weighted by Gasteiger charge is -2.10. The number of amides is 1. The van der Waals surface area contributed by atoms with Crippen molar-refractivity contribution in [2.24, 2.45) is 7.05 Å². The van der Waals surface area contributed by atoms with E-state index in [-0.39, 0.29) is 25.2 Å². The lowest BCUT2D eigenvalue weighted by molar-refractivity contribution is 0.0929. The summed E-state index contributed by atoms with van der Waals surface area (Å²) in [6.45, 7) is 5.94. The van der Waals surface area contributed by atoms with Gasteiger partial charge in [0, 0.05) is 19.2 Å². The molecule has 138 valence electrons. The number of aliphatic hydroxyl groups is 1. The molecule has 0 spiro atoms. The third-order valence-corrected chi connectivity index (χ3v) is 4.03. The summed E-state index contributed by atoms with van der Waals surface area (Å²) >= 11 is 0. The first-order valence-corrected chi connectivity index (χ1v) is 8.54. The topological polar surface area (TPSA) is 102 Å². The van der Waals surface area contributed by atoms with Crippen molar-refractivity contribution in [3.63, 3.8) is 0 Å². The molecule has 2 N–H and O–H groups in total. The fourth-order valence-electron chi connectivity index (χ4n) is 2.37. The van der Waals surface area contributed by atoms with Crippen molar-refractivity contribution in [3.05, 3.63) is 28.8 Å². The van der Waals surface area contributed by atoms with Crippen LogP contribution >= 0.6 is 0 Å². The Hall–Kier alpha value is -2.35. The number of aromatic nitrogens is 3. The molecular formula is C17H26N4O4. The van der Waals surface area contributed by atoms with E-state index in [1.165, 1.54) is 4.68 Å². The van der Waals surface area contributed by atoms with Crippen molar-refractivity contribution < 1.29 is 19.2 Å². The Morgan fingerprint density at radius 2 is 2.24 bits per heavy atom. The summed E-state index contributed by atoms with van der Waals surface area (Å²) in [6.07, 6.45) is 2.51. The molecule has 0 aromatic carbocycles. The lowest BCUT2D eigenvalue weighted by Crippen LogP contribution is -2.33. The van der Waals surface area contributed by atoms with E-state index in [0.29, 0.717) is 17.3 Å². The lowest BCUT2D eigenvalue weighted by atomic mass is 10.1. The van der Waals surface area contributed by atoms with Crippen LogP contribution in [0, 0.1) is 0 Å². The van der Waals surface area contributed by atoms with Crippen LogP contribution in [0.25, 0.3) is 0 Å². The molecule has 1 amide bonds. The highest BCUT2D eigenvalue weighted by molar-refractivity contribution is 5.93. The molecule has 1 unspecified atom stereocenters. The number of nitrogens with one attached hydrogen (secondary N) is 1. The van der Waals surface area contributed by atoms with Gasteiger partial charge in [0.05, 0.1) is 11.3 Å². The minimum Gasteiger partial charge on any atom is -0.472 e. The van der Waals surface area contributed by atoms with Gasteiger partial charge in [-0.25, -0.2) is 0 Å². The molecule has 8 nitrogen and oxygen atoms in total. The first kappa shape index (κ1) is 19.0. The normalized spacial score (nSPS) is 12.2. The standard InChI is InChI=1S/C17H26N4O4/c1-5-7-13-12(15(9-22)25-20-13)10-24-16-8-14(21(4)19-16)17(23)18-11(3)6-2/h8,11,22H,5-7,9-10H2,1-4H3,(H,18,23). The van der Waals surface area contributed by atoms with Crippen LogP contribution in [-0.2, 0) is 26.7 Å². The zero-order chi connectivity index (χ0) is 18.4. The molecule has 8 heteroatoms. The van der Waals surface area contributed by atoms with Crippen LogP contribution < -0.4 is 10.1 Å². The van der Waals surface area contributed by atoms with Crippen LogP contribution in [0.3, 0.4) is 0 Å². The molecule has 0 saturated carbocycles. The smallest absolute Gasteiger partial charge is 0.269 e. The number of hydrogen-bond donors (Lipinski definition) is 2. The van der Waals surface area contributed by atoms with Crippen LogP contribution in [0.1, 0.15) is 61.1 Å². The average molecular weight is 350 g/mol. The van der Waals surface area contributed by atoms with Gasteiger partial charge in [0.2, 0.25) is 5.88 Å². The van der Waals surface area contributed by atoms with Crippen LogP contribution in [-0.4, -0.2) is 32.0 Å². The van der Waals surface area contributed by atoms with Gasteiger partial charge < -0.3 is 19.7 Å². The SMILES string of the molecule is CCCc1noc(CO)c1COc1cc(C(=O)NC(C)CC)n(C)n1. The molecule has 2 heterocycles. The molecule has 0 aliphatic carbocycles. The number of hydrogen-bond acceptors (Lipinski definition) is 6. The number of carbonyl (C=O) groups excluding carboxylic acids is 1. The van der Waals surface area contributed by atoms with Crippen LogP contribution in [0.15, 0.2) is 10.6 Å². The number of aryl methyl sites for hydroxylation is 2. The number of carbonyl (C=O) groups is 1. The van der Waals surface area contributed by atoms with Crippen molar-refractivity contribution in [1.82, 2.24) is 20.3 Å². The molecule has 25 heavy (non-hydrogen) atoms. The molecule has 0 radical (unpaired) electrons. The summed E-state index contributed by atoms with van der Waals surface area (Å²) in [6, 6.07) is 1.69. The molecule has 0 bridgehead atoms. The zero-order valence-corrected chi connectivity index (χ0v) is 15.2. The van der Waals surface area contributed by atoms with E-state index < -0.39 is 0 Å². The Balaban J connectivity index is 2.08. The van der Waals surface area contributed by atoms with Gasteiger partial charge in [0.1, 0.15) is 18.9 Å². The second-order valence-electron chi connectivity index (χ2n) is 6.00. The quantitative estimate of drug-likeness (QED) is 0.717. The maximum atomic E-state index is 12.2. The largest absolute Gasteiger partial charge is 0.472 e. The van der Waals surface area contributed by atoms with E-state index in [9.17, 15) is 9.90 Å². The summed E-state index contributed by atoms with van der Waals surface area (Å²) in [7, 11) is 1.69. The second-order valence-corrected chi connectivity index (χ2v) is 6.00. The van der Waals surface area contributed by atoms with Crippen molar-refractivity contribution >= 4 is 5.91 Å². The van der Waals surface area contributed by atoms with Gasteiger partial charge in [-0.2, -0.15) is 0 Å². The summed E-state index contributed by atoms with van der Waals surface area (Å²) in [4.78, 5) is 12.2. The van der Waals surface area contributed by atoms with Gasteiger partial charge in [0.25, 0.3) is 5.91 Å². The second kappa shape index (κ2) is 8.66. The summed E-state index contributed by atoms with van der Waals surface area (Å²) < 4.78 is 12.3. The highest BCUT2D eigenvalue weighted by Gasteiger charge is 2.18. The Labute approximate surface area is 147 Å². The Bertz CT molecular complexity index is 708. The summed E-state index contributed by atoms with van der Waals surface area (Å²) in [5.74, 6) is 0.547. The predicted molar refractivity (Wildman–Crippen MR) is 91.2 cm³/mol. The molecule has 1 atom stereocenters. The molecule has 2 aromatic rings. The highest BCUT2D eigenvalue weighted by Crippen LogP contribution is 2.19. The molecular weight excluding hydrogens is 324 g/mol. The third kappa shape index (κ3) is 4.60. The third-order valence-electron chi connectivity index (χ3n) is 4.03. The van der Waals surface area contributed by atoms with Gasteiger partial charge in [-0.05, 0) is 19.8 Å². The minimum absolute atomic E-state index is 0.0903. The van der Waals surface area contributed by atoms with Gasteiger partial charge >= 0.3 is 0 Å². The van der Waals surface area contributed by atoms with Crippen LogP contribution in [0.5, 0.6) is 5.88 Å². The fourth-order valence-corrected chi connectivity index (χ4v) is 2.37. The first-order chi connectivity index (χ1) is 12.0. The minimum atomic E-state index is -0.236. The number of rotatable bonds is 9. The van der Waals surface area contributed by atoms with E-state index in [0.717, 1.165) is 30.5 Å². The number of nitrogens with zero attached hydrogens (tertiary/aromatic N) is 3. The van der Waals surface area contributed by atoms with E-state index >= 15 is 0 Å². The Morgan fingerprint density at radius 1 is 1.48 bits per heavy atom. The van der Waals surface area contributed by atoms with Crippen molar-refractivity contribution in [3.8, 4) is 5.88 Å². The molecule has 2 aromatic heterocycles. The fraction of sp³-hybridized carbons (Fsp3) is 0.588. The van der Waals surface area contributed by atoms with Gasteiger partial charge in [-0.1, -0.05) is 25.4 Å². The van der Waals surface area contributed by atoms with Crippen LogP contribution in [0.4, 0.5) is 0 Å². The highest BCUT2D eigenvalue weighted by atomic mass is 16.5. The van der Waals surface area contributed by atoms with E-state index in [1.54, 1.807) is 13.1 Å². The van der Waals surface area contributed by atoms with Crippen molar-refractivity contribution in [2.45, 2.75) is 59.3 Å². The Kier molecular flexibility index (Phi) is 6.58. The maximum Gasteiger partial charge on any atom is 0.269 e. The zero-order valence-electron chi connectivity index (χ0n) is 15.2. The van der Waals surface area contributed by atoms with Gasteiger partial charge in [0.15, 0.2) is 5.76 Å². The molecule has 0 fully saturated rings. The van der Waals surface area contributed by atoms with Crippen molar-refractivity contribution in [1.29, 1.82) is 0 Å². The number of aliphatic hydroxyl groups excluding tert-OH is 1. The Morgan fingerprint density at radius 3 is 2.88 bits per heavy atom. The molecule has 0 saturated heterocycles. The van der Waals surface area contributed by atoms with E-state index in [2.05, 4.69) is 15.6 Å². The van der Waals surface area contributed by atoms with Gasteiger partial charge in [-0.3, -0.25) is 9.48 Å². The molecule has 0 aliphatic heterocycles. The summed E-state index contributed by atoms with van der Waals surface area (Å²) in [5, 5.41) is 20.5. The molecule has 2 rings (SSSR count). The first-order valence-electron chi connectivity index (χ1n) is 8.54. The van der Waals surface area contributed by atoms with Crippen molar-refractivity contribution in [2.75, 3.05) is 0 Å². The number of ether oxygens (including phenoxy) is 1. The molecule has 0 aliphatic rings.